The summed E-state index contributed by atoms with van der Waals surface area (Å²) >= 11 is 11.2. The molecule has 0 radical (unpaired) electrons. The number of hydrogen-bond donors (Lipinski definition) is 3. The number of halogens is 1. The first-order valence-electron chi connectivity index (χ1n) is 6.62. The number of rotatable bonds is 4. The van der Waals surface area contributed by atoms with Gasteiger partial charge in [0, 0.05) is 16.7 Å². The number of nitrogens with zero attached hydrogens (tertiary/aromatic N) is 2. The largest absolute Gasteiger partial charge is 0.496 e. The van der Waals surface area contributed by atoms with Crippen LogP contribution in [0.5, 0.6) is 5.75 Å². The average molecular weight is 368 g/mol. The van der Waals surface area contributed by atoms with Crippen molar-refractivity contribution >= 4 is 35.7 Å². The number of carbonyl (C=O) groups is 1. The molecule has 126 valence electrons. The Morgan fingerprint density at radius 1 is 1.42 bits per heavy atom. The fourth-order valence-corrected chi connectivity index (χ4v) is 2.53. The van der Waals surface area contributed by atoms with E-state index in [4.69, 9.17) is 40.0 Å². The van der Waals surface area contributed by atoms with Gasteiger partial charge >= 0.3 is 0 Å². The highest BCUT2D eigenvalue weighted by Gasteiger charge is 2.15. The van der Waals surface area contributed by atoms with Crippen LogP contribution in [0.2, 0.25) is 5.02 Å². The Bertz CT molecular complexity index is 931. The van der Waals surface area contributed by atoms with E-state index in [2.05, 4.69) is 9.98 Å². The molecule has 1 amide bonds. The second kappa shape index (κ2) is 7.28. The molecule has 0 saturated carbocycles. The number of amides is 1. The topological polar surface area (TPSA) is 128 Å². The predicted molar refractivity (Wildman–Crippen MR) is 93.7 cm³/mol. The molecule has 0 saturated heterocycles. The molecular weight excluding hydrogens is 354 g/mol. The third-order valence-corrected chi connectivity index (χ3v) is 3.58. The smallest absolute Gasteiger partial charge is 0.268 e. The van der Waals surface area contributed by atoms with Crippen molar-refractivity contribution in [1.82, 2.24) is 9.55 Å². The lowest BCUT2D eigenvalue weighted by Crippen LogP contribution is -2.26. The van der Waals surface area contributed by atoms with Crippen LogP contribution < -0.4 is 21.8 Å². The van der Waals surface area contributed by atoms with Crippen LogP contribution >= 0.6 is 23.8 Å². The minimum Gasteiger partial charge on any atom is -0.496 e. The maximum atomic E-state index is 11.9. The van der Waals surface area contributed by atoms with Crippen molar-refractivity contribution in [1.29, 1.82) is 0 Å². The number of methoxy groups -OCH3 is 1. The number of aromatic amines is 1. The Morgan fingerprint density at radius 2 is 2.12 bits per heavy atom. The number of benzene rings is 1. The second-order valence-electron chi connectivity index (χ2n) is 4.69. The highest BCUT2D eigenvalue weighted by molar-refractivity contribution is 7.71. The van der Waals surface area contributed by atoms with Gasteiger partial charge < -0.3 is 20.8 Å². The molecule has 0 atom stereocenters. The van der Waals surface area contributed by atoms with Crippen LogP contribution in [0.3, 0.4) is 0 Å². The molecule has 2 aromatic rings. The Morgan fingerprint density at radius 3 is 2.75 bits per heavy atom. The lowest BCUT2D eigenvalue weighted by molar-refractivity contribution is -0.118. The van der Waals surface area contributed by atoms with Crippen LogP contribution in [0.4, 0.5) is 0 Å². The zero-order valence-corrected chi connectivity index (χ0v) is 14.1. The van der Waals surface area contributed by atoms with Gasteiger partial charge in [-0.05, 0) is 30.4 Å². The second-order valence-corrected chi connectivity index (χ2v) is 5.51. The van der Waals surface area contributed by atoms with E-state index in [9.17, 15) is 9.59 Å². The molecule has 2 rings (SSSR count). The van der Waals surface area contributed by atoms with E-state index in [1.807, 2.05) is 0 Å². The summed E-state index contributed by atoms with van der Waals surface area (Å²) in [5, 5.41) is 0.430. The van der Waals surface area contributed by atoms with E-state index in [0.717, 1.165) is 0 Å². The zero-order chi connectivity index (χ0) is 17.9. The van der Waals surface area contributed by atoms with Crippen LogP contribution in [-0.4, -0.2) is 28.5 Å². The molecule has 1 aromatic carbocycles. The van der Waals surface area contributed by atoms with Crippen LogP contribution in [0.1, 0.15) is 0 Å². The summed E-state index contributed by atoms with van der Waals surface area (Å²) in [5.74, 6) is -0.527. The minimum absolute atomic E-state index is 0.0404. The summed E-state index contributed by atoms with van der Waals surface area (Å²) in [6.45, 7) is -0.265. The molecule has 0 aliphatic rings. The standard InChI is InChI=1S/C14H14ClN5O3S/c1-23-10-3-2-7(15)4-8(10)9-5-11(21)19-14(24)20(9)6-12(22)18-13(16)17/h2-5H,6H2,1H3,(H,19,21,24)(H4,16,17,18,22). The highest BCUT2D eigenvalue weighted by Crippen LogP contribution is 2.31. The van der Waals surface area contributed by atoms with Gasteiger partial charge in [0.15, 0.2) is 10.7 Å². The quantitative estimate of drug-likeness (QED) is 0.420. The summed E-state index contributed by atoms with van der Waals surface area (Å²) in [5.41, 5.74) is 10.8. The summed E-state index contributed by atoms with van der Waals surface area (Å²) < 4.78 is 6.72. The first-order chi connectivity index (χ1) is 11.3. The summed E-state index contributed by atoms with van der Waals surface area (Å²) in [6.07, 6.45) is 0. The molecule has 24 heavy (non-hydrogen) atoms. The lowest BCUT2D eigenvalue weighted by atomic mass is 10.1. The van der Waals surface area contributed by atoms with Crippen molar-refractivity contribution in [2.45, 2.75) is 6.54 Å². The van der Waals surface area contributed by atoms with Gasteiger partial charge in [-0.2, -0.15) is 4.99 Å². The molecule has 0 fully saturated rings. The first kappa shape index (κ1) is 17.7. The molecule has 0 bridgehead atoms. The molecule has 0 aliphatic carbocycles. The van der Waals surface area contributed by atoms with Crippen molar-refractivity contribution in [3.63, 3.8) is 0 Å². The maximum absolute atomic E-state index is 11.9. The molecule has 1 aromatic heterocycles. The molecule has 0 spiro atoms. The first-order valence-corrected chi connectivity index (χ1v) is 7.41. The van der Waals surface area contributed by atoms with Gasteiger partial charge in [-0.15, -0.1) is 0 Å². The predicted octanol–water partition coefficient (Wildman–Crippen LogP) is 1.03. The normalized spacial score (nSPS) is 10.2. The number of H-pyrrole nitrogens is 1. The van der Waals surface area contributed by atoms with E-state index in [0.29, 0.717) is 22.0 Å². The summed E-state index contributed by atoms with van der Waals surface area (Å²) in [6, 6.07) is 6.17. The Balaban J connectivity index is 2.68. The van der Waals surface area contributed by atoms with Crippen molar-refractivity contribution in [3.05, 3.63) is 44.4 Å². The van der Waals surface area contributed by atoms with Gasteiger partial charge in [-0.3, -0.25) is 14.6 Å². The van der Waals surface area contributed by atoms with E-state index < -0.39 is 11.5 Å². The molecule has 8 nitrogen and oxygen atoms in total. The van der Waals surface area contributed by atoms with Gasteiger partial charge in [-0.1, -0.05) is 11.6 Å². The number of aliphatic imine (C=N–C) groups is 1. The maximum Gasteiger partial charge on any atom is 0.268 e. The van der Waals surface area contributed by atoms with E-state index in [1.54, 1.807) is 18.2 Å². The number of nitrogens with one attached hydrogen (secondary N) is 1. The van der Waals surface area contributed by atoms with Gasteiger partial charge in [-0.25, -0.2) is 0 Å². The van der Waals surface area contributed by atoms with Crippen molar-refractivity contribution in [2.75, 3.05) is 7.11 Å². The Kier molecular flexibility index (Phi) is 5.37. The number of carbonyl (C=O) groups excluding carboxylic acids is 1. The fraction of sp³-hybridized carbons (Fsp3) is 0.143. The minimum atomic E-state index is -0.625. The summed E-state index contributed by atoms with van der Waals surface area (Å²) in [4.78, 5) is 29.6. The molecule has 5 N–H and O–H groups in total. The molecule has 0 unspecified atom stereocenters. The van der Waals surface area contributed by atoms with E-state index in [-0.39, 0.29) is 17.3 Å². The highest BCUT2D eigenvalue weighted by atomic mass is 35.5. The van der Waals surface area contributed by atoms with Gasteiger partial charge in [0.1, 0.15) is 12.3 Å². The van der Waals surface area contributed by atoms with E-state index >= 15 is 0 Å². The van der Waals surface area contributed by atoms with Crippen molar-refractivity contribution < 1.29 is 9.53 Å². The SMILES string of the molecule is COc1ccc(Cl)cc1-c1cc(=O)[nH]c(=S)n1CC(=O)N=C(N)N. The third kappa shape index (κ3) is 4.00. The molecule has 1 heterocycles. The van der Waals surface area contributed by atoms with Crippen LogP contribution in [-0.2, 0) is 11.3 Å². The summed E-state index contributed by atoms with van der Waals surface area (Å²) in [7, 11) is 1.48. The number of nitrogens with two attached hydrogens (primary N) is 2. The Labute approximate surface area is 146 Å². The Hall–Kier alpha value is -2.65. The van der Waals surface area contributed by atoms with Crippen LogP contribution in [0, 0.1) is 4.77 Å². The van der Waals surface area contributed by atoms with Gasteiger partial charge in [0.25, 0.3) is 11.5 Å². The third-order valence-electron chi connectivity index (χ3n) is 3.02. The number of aromatic nitrogens is 2. The average Bonchev–Trinajstić information content (AvgIpc) is 2.49. The van der Waals surface area contributed by atoms with E-state index in [1.165, 1.54) is 17.7 Å². The molecular formula is C14H14ClN5O3S. The number of ether oxygens (including phenoxy) is 1. The van der Waals surface area contributed by atoms with Gasteiger partial charge in [0.2, 0.25) is 0 Å². The van der Waals surface area contributed by atoms with Gasteiger partial charge in [0.05, 0.1) is 12.8 Å². The molecule has 0 aliphatic heterocycles. The lowest BCUT2D eigenvalue weighted by Gasteiger charge is -2.15. The fourth-order valence-electron chi connectivity index (χ4n) is 2.10. The van der Waals surface area contributed by atoms with Crippen molar-refractivity contribution in [3.8, 4) is 17.0 Å². The molecule has 10 heteroatoms. The monoisotopic (exact) mass is 367 g/mol. The van der Waals surface area contributed by atoms with Crippen LogP contribution in [0.25, 0.3) is 11.3 Å². The van der Waals surface area contributed by atoms with Crippen molar-refractivity contribution in [2.24, 2.45) is 16.5 Å². The van der Waals surface area contributed by atoms with Crippen LogP contribution in [0.15, 0.2) is 34.1 Å². The number of hydrogen-bond acceptors (Lipinski definition) is 4. The zero-order valence-electron chi connectivity index (χ0n) is 12.6. The number of guanidine groups is 1.